The molecule has 1 amide bonds. The van der Waals surface area contributed by atoms with E-state index in [1.807, 2.05) is 4.90 Å². The largest absolute Gasteiger partial charge is 0.490 e. The van der Waals surface area contributed by atoms with Gasteiger partial charge in [0.25, 0.3) is 11.6 Å². The van der Waals surface area contributed by atoms with Gasteiger partial charge in [0.05, 0.1) is 23.7 Å². The van der Waals surface area contributed by atoms with E-state index in [2.05, 4.69) is 12.2 Å². The number of nitrogens with one attached hydrogen (secondary N) is 1. The molecule has 0 saturated carbocycles. The van der Waals surface area contributed by atoms with Gasteiger partial charge >= 0.3 is 5.97 Å². The zero-order valence-corrected chi connectivity index (χ0v) is 19.0. The molecular weight excluding hydrogens is 442 g/mol. The minimum Gasteiger partial charge on any atom is -0.490 e. The summed E-state index contributed by atoms with van der Waals surface area (Å²) < 4.78 is 16.2. The first-order chi connectivity index (χ1) is 16.4. The van der Waals surface area contributed by atoms with Crippen LogP contribution in [0.3, 0.4) is 0 Å². The van der Waals surface area contributed by atoms with E-state index in [0.29, 0.717) is 42.0 Å². The summed E-state index contributed by atoms with van der Waals surface area (Å²) in [5.41, 5.74) is 0.824. The van der Waals surface area contributed by atoms with Gasteiger partial charge in [-0.3, -0.25) is 14.9 Å². The maximum absolute atomic E-state index is 12.5. The van der Waals surface area contributed by atoms with E-state index in [0.717, 1.165) is 32.4 Å². The Morgan fingerprint density at radius 1 is 1.15 bits per heavy atom. The fourth-order valence-electron chi connectivity index (χ4n) is 4.12. The number of fused-ring (bicyclic) bond motifs is 1. The van der Waals surface area contributed by atoms with Crippen LogP contribution < -0.4 is 19.7 Å². The maximum atomic E-state index is 12.5. The molecule has 10 heteroatoms. The molecule has 2 aliphatic rings. The van der Waals surface area contributed by atoms with Crippen LogP contribution in [0.25, 0.3) is 0 Å². The highest BCUT2D eigenvalue weighted by molar-refractivity contribution is 5.96. The summed E-state index contributed by atoms with van der Waals surface area (Å²) in [4.78, 5) is 37.9. The van der Waals surface area contributed by atoms with Crippen LogP contribution in [0, 0.1) is 16.0 Å². The first kappa shape index (κ1) is 23.3. The fourth-order valence-corrected chi connectivity index (χ4v) is 4.12. The van der Waals surface area contributed by atoms with Gasteiger partial charge in [-0.15, -0.1) is 0 Å². The lowest BCUT2D eigenvalue weighted by Crippen LogP contribution is -2.34. The lowest BCUT2D eigenvalue weighted by Gasteiger charge is -2.32. The van der Waals surface area contributed by atoms with Crippen molar-refractivity contribution in [1.29, 1.82) is 0 Å². The zero-order valence-electron chi connectivity index (χ0n) is 19.0. The summed E-state index contributed by atoms with van der Waals surface area (Å²) in [7, 11) is 0. The number of hydrogen-bond donors (Lipinski definition) is 1. The molecule has 2 heterocycles. The van der Waals surface area contributed by atoms with Crippen molar-refractivity contribution in [2.75, 3.05) is 43.1 Å². The number of piperidine rings is 1. The number of benzene rings is 2. The number of carbonyl (C=O) groups excluding carboxylic acids is 2. The molecule has 4 rings (SSSR count). The molecule has 0 aliphatic carbocycles. The van der Waals surface area contributed by atoms with E-state index in [-0.39, 0.29) is 11.3 Å². The second kappa shape index (κ2) is 10.4. The fraction of sp³-hybridized carbons (Fsp3) is 0.417. The molecule has 1 saturated heterocycles. The topological polar surface area (TPSA) is 120 Å². The van der Waals surface area contributed by atoms with Crippen LogP contribution in [-0.4, -0.2) is 49.7 Å². The number of nitro benzene ring substituents is 1. The third-order valence-corrected chi connectivity index (χ3v) is 5.77. The number of rotatable bonds is 6. The van der Waals surface area contributed by atoms with Crippen molar-refractivity contribution in [3.8, 4) is 11.5 Å². The van der Waals surface area contributed by atoms with Crippen LogP contribution in [0.4, 0.5) is 17.1 Å². The molecule has 0 spiro atoms. The zero-order chi connectivity index (χ0) is 24.1. The number of anilines is 2. The third-order valence-electron chi connectivity index (χ3n) is 5.77. The Morgan fingerprint density at radius 2 is 1.94 bits per heavy atom. The Kier molecular flexibility index (Phi) is 7.15. The molecule has 2 aromatic rings. The molecule has 180 valence electrons. The predicted octanol–water partition coefficient (Wildman–Crippen LogP) is 3.79. The minimum absolute atomic E-state index is 0.0175. The van der Waals surface area contributed by atoms with Crippen molar-refractivity contribution in [3.05, 3.63) is 52.1 Å². The molecule has 1 fully saturated rings. The smallest absolute Gasteiger partial charge is 0.338 e. The van der Waals surface area contributed by atoms with Gasteiger partial charge in [-0.25, -0.2) is 4.79 Å². The number of esters is 1. The quantitative estimate of drug-likeness (QED) is 0.385. The van der Waals surface area contributed by atoms with Crippen LogP contribution in [0.2, 0.25) is 0 Å². The van der Waals surface area contributed by atoms with Gasteiger partial charge in [0.1, 0.15) is 5.69 Å². The van der Waals surface area contributed by atoms with Gasteiger partial charge in [0, 0.05) is 37.3 Å². The SMILES string of the molecule is CC1CCCN(c2ccc(C(=O)OCC(=O)Nc3ccc4c(c3)OCCCO4)cc2[N+](=O)[O-])C1. The van der Waals surface area contributed by atoms with Crippen molar-refractivity contribution in [1.82, 2.24) is 0 Å². The molecule has 1 unspecified atom stereocenters. The second-order valence-electron chi connectivity index (χ2n) is 8.49. The monoisotopic (exact) mass is 469 g/mol. The summed E-state index contributed by atoms with van der Waals surface area (Å²) in [5, 5.41) is 14.3. The van der Waals surface area contributed by atoms with Crippen LogP contribution in [0.1, 0.15) is 36.5 Å². The molecule has 10 nitrogen and oxygen atoms in total. The Bertz CT molecular complexity index is 1090. The van der Waals surface area contributed by atoms with E-state index in [9.17, 15) is 19.7 Å². The lowest BCUT2D eigenvalue weighted by atomic mass is 9.99. The number of amides is 1. The molecule has 0 bridgehead atoms. The van der Waals surface area contributed by atoms with Crippen LogP contribution >= 0.6 is 0 Å². The lowest BCUT2D eigenvalue weighted by molar-refractivity contribution is -0.384. The maximum Gasteiger partial charge on any atom is 0.338 e. The van der Waals surface area contributed by atoms with Gasteiger partial charge in [0.15, 0.2) is 18.1 Å². The van der Waals surface area contributed by atoms with E-state index in [1.165, 1.54) is 12.1 Å². The van der Waals surface area contributed by atoms with Gasteiger partial charge in [-0.2, -0.15) is 0 Å². The van der Waals surface area contributed by atoms with E-state index >= 15 is 0 Å². The second-order valence-corrected chi connectivity index (χ2v) is 8.49. The molecule has 1 N–H and O–H groups in total. The van der Waals surface area contributed by atoms with Gasteiger partial charge in [-0.05, 0) is 43.0 Å². The van der Waals surface area contributed by atoms with E-state index in [4.69, 9.17) is 14.2 Å². The van der Waals surface area contributed by atoms with Crippen molar-refractivity contribution >= 4 is 28.9 Å². The van der Waals surface area contributed by atoms with E-state index < -0.39 is 23.4 Å². The molecule has 2 aromatic carbocycles. The number of ether oxygens (including phenoxy) is 3. The summed E-state index contributed by atoms with van der Waals surface area (Å²) in [6.07, 6.45) is 2.81. The first-order valence-corrected chi connectivity index (χ1v) is 11.3. The Morgan fingerprint density at radius 3 is 2.71 bits per heavy atom. The molecule has 34 heavy (non-hydrogen) atoms. The van der Waals surface area contributed by atoms with Gasteiger partial charge in [-0.1, -0.05) is 6.92 Å². The van der Waals surface area contributed by atoms with E-state index in [1.54, 1.807) is 24.3 Å². The van der Waals surface area contributed by atoms with Crippen LogP contribution in [-0.2, 0) is 9.53 Å². The van der Waals surface area contributed by atoms with Crippen molar-refractivity contribution in [3.63, 3.8) is 0 Å². The Balaban J connectivity index is 1.38. The molecule has 1 atom stereocenters. The average molecular weight is 469 g/mol. The predicted molar refractivity (Wildman–Crippen MR) is 125 cm³/mol. The number of hydrogen-bond acceptors (Lipinski definition) is 8. The molecular formula is C24H27N3O7. The van der Waals surface area contributed by atoms with Crippen molar-refractivity contribution in [2.45, 2.75) is 26.2 Å². The van der Waals surface area contributed by atoms with Crippen molar-refractivity contribution in [2.24, 2.45) is 5.92 Å². The number of nitro groups is 1. The highest BCUT2D eigenvalue weighted by Crippen LogP contribution is 2.33. The third kappa shape index (κ3) is 5.56. The van der Waals surface area contributed by atoms with Gasteiger partial charge < -0.3 is 24.4 Å². The molecule has 0 aromatic heterocycles. The normalized spacial score (nSPS) is 17.4. The highest BCUT2D eigenvalue weighted by atomic mass is 16.6. The number of carbonyl (C=O) groups is 2. The highest BCUT2D eigenvalue weighted by Gasteiger charge is 2.25. The van der Waals surface area contributed by atoms with Crippen molar-refractivity contribution < 1.29 is 28.7 Å². The average Bonchev–Trinajstić information content (AvgIpc) is 3.07. The minimum atomic E-state index is -0.810. The van der Waals surface area contributed by atoms with Crippen LogP contribution in [0.15, 0.2) is 36.4 Å². The standard InChI is InChI=1S/C24H27N3O7/c1-16-4-2-9-26(14-16)19-7-5-17(12-20(19)27(30)31)24(29)34-15-23(28)25-18-6-8-21-22(13-18)33-11-3-10-32-21/h5-8,12-13,16H,2-4,9-11,14-15H2,1H3,(H,25,28). The Hall–Kier alpha value is -3.82. The summed E-state index contributed by atoms with van der Waals surface area (Å²) >= 11 is 0. The van der Waals surface area contributed by atoms with Crippen LogP contribution in [0.5, 0.6) is 11.5 Å². The van der Waals surface area contributed by atoms with Gasteiger partial charge in [0.2, 0.25) is 0 Å². The Labute approximate surface area is 196 Å². The first-order valence-electron chi connectivity index (χ1n) is 11.3. The number of nitrogens with zero attached hydrogens (tertiary/aromatic N) is 2. The summed E-state index contributed by atoms with van der Waals surface area (Å²) in [6, 6.07) is 9.28. The summed E-state index contributed by atoms with van der Waals surface area (Å²) in [6.45, 7) is 4.11. The molecule has 0 radical (unpaired) electrons. The molecule has 2 aliphatic heterocycles. The summed E-state index contributed by atoms with van der Waals surface area (Å²) in [5.74, 6) is 0.218.